The number of sulfone groups is 1. The maximum atomic E-state index is 12.2. The van der Waals surface area contributed by atoms with Gasteiger partial charge in [0.25, 0.3) is 0 Å². The van der Waals surface area contributed by atoms with E-state index >= 15 is 0 Å². The third-order valence-corrected chi connectivity index (χ3v) is 7.05. The van der Waals surface area contributed by atoms with Gasteiger partial charge in [-0.25, -0.2) is 13.4 Å². The number of amides is 1. The van der Waals surface area contributed by atoms with Crippen molar-refractivity contribution in [1.82, 2.24) is 4.98 Å². The van der Waals surface area contributed by atoms with E-state index in [9.17, 15) is 13.2 Å². The zero-order valence-electron chi connectivity index (χ0n) is 15.8. The van der Waals surface area contributed by atoms with Crippen molar-refractivity contribution >= 4 is 32.2 Å². The molecule has 0 aliphatic carbocycles. The molecule has 1 N–H and O–H groups in total. The number of aromatic nitrogens is 1. The molecular weight excluding hydrogens is 392 g/mol. The van der Waals surface area contributed by atoms with Crippen LogP contribution in [-0.2, 0) is 14.6 Å². The van der Waals surface area contributed by atoms with Crippen LogP contribution in [0.2, 0.25) is 0 Å². The second-order valence-electron chi connectivity index (χ2n) is 6.62. The van der Waals surface area contributed by atoms with Crippen molar-refractivity contribution in [2.75, 3.05) is 11.1 Å². The fraction of sp³-hybridized carbons (Fsp3) is 0.238. The van der Waals surface area contributed by atoms with E-state index < -0.39 is 9.84 Å². The van der Waals surface area contributed by atoms with E-state index in [4.69, 9.17) is 0 Å². The van der Waals surface area contributed by atoms with Gasteiger partial charge in [0.15, 0.2) is 15.0 Å². The van der Waals surface area contributed by atoms with E-state index in [2.05, 4.69) is 36.3 Å². The van der Waals surface area contributed by atoms with Crippen LogP contribution in [0.5, 0.6) is 0 Å². The third kappa shape index (κ3) is 5.05. The standard InChI is InChI=1S/C21H22N2O3S2/c1-15-10-11-17(13-16(15)2)19-14-27-21(22-19)23-20(24)9-6-12-28(25,26)18-7-4-3-5-8-18/h3-5,7-8,10-11,13-14H,6,9,12H2,1-2H3,(H,22,23,24). The number of nitrogens with zero attached hydrogens (tertiary/aromatic N) is 1. The van der Waals surface area contributed by atoms with Crippen molar-refractivity contribution in [2.45, 2.75) is 31.6 Å². The van der Waals surface area contributed by atoms with Gasteiger partial charge in [-0.05, 0) is 49.6 Å². The summed E-state index contributed by atoms with van der Waals surface area (Å²) in [7, 11) is -3.36. The summed E-state index contributed by atoms with van der Waals surface area (Å²) in [6.45, 7) is 4.11. The first-order valence-electron chi connectivity index (χ1n) is 8.96. The van der Waals surface area contributed by atoms with E-state index in [0.717, 1.165) is 11.3 Å². The number of nitrogens with one attached hydrogen (secondary N) is 1. The molecule has 3 rings (SSSR count). The highest BCUT2D eigenvalue weighted by molar-refractivity contribution is 7.91. The molecule has 1 heterocycles. The largest absolute Gasteiger partial charge is 0.302 e. The Labute approximate surface area is 169 Å². The SMILES string of the molecule is Cc1ccc(-c2csc(NC(=O)CCCS(=O)(=O)c3ccccc3)n2)cc1C. The third-order valence-electron chi connectivity index (χ3n) is 4.47. The Hall–Kier alpha value is -2.51. The summed E-state index contributed by atoms with van der Waals surface area (Å²) in [5.74, 6) is -0.292. The van der Waals surface area contributed by atoms with Gasteiger partial charge in [-0.15, -0.1) is 11.3 Å². The van der Waals surface area contributed by atoms with Crippen LogP contribution in [0.1, 0.15) is 24.0 Å². The van der Waals surface area contributed by atoms with E-state index in [1.807, 2.05) is 11.4 Å². The lowest BCUT2D eigenvalue weighted by molar-refractivity contribution is -0.116. The van der Waals surface area contributed by atoms with Gasteiger partial charge < -0.3 is 5.32 Å². The maximum Gasteiger partial charge on any atom is 0.226 e. The monoisotopic (exact) mass is 414 g/mol. The Morgan fingerprint density at radius 2 is 1.82 bits per heavy atom. The van der Waals surface area contributed by atoms with Crippen LogP contribution in [0.3, 0.4) is 0 Å². The Morgan fingerprint density at radius 1 is 1.07 bits per heavy atom. The number of thiazole rings is 1. The molecule has 146 valence electrons. The molecule has 0 fully saturated rings. The molecular formula is C21H22N2O3S2. The molecule has 0 aliphatic heterocycles. The molecule has 0 aliphatic rings. The minimum Gasteiger partial charge on any atom is -0.302 e. The van der Waals surface area contributed by atoms with Crippen molar-refractivity contribution in [3.63, 3.8) is 0 Å². The summed E-state index contributed by atoms with van der Waals surface area (Å²) < 4.78 is 24.5. The molecule has 2 aromatic carbocycles. The lowest BCUT2D eigenvalue weighted by Gasteiger charge is -2.05. The lowest BCUT2D eigenvalue weighted by Crippen LogP contribution is -2.14. The molecule has 0 radical (unpaired) electrons. The van der Waals surface area contributed by atoms with Crippen LogP contribution in [0.25, 0.3) is 11.3 Å². The summed E-state index contributed by atoms with van der Waals surface area (Å²) in [5.41, 5.74) is 4.23. The first-order valence-corrected chi connectivity index (χ1v) is 11.5. The van der Waals surface area contributed by atoms with Crippen LogP contribution < -0.4 is 5.32 Å². The molecule has 0 atom stereocenters. The molecule has 3 aromatic rings. The van der Waals surface area contributed by atoms with Crippen LogP contribution in [0, 0.1) is 13.8 Å². The number of hydrogen-bond acceptors (Lipinski definition) is 5. The van der Waals surface area contributed by atoms with Crippen LogP contribution >= 0.6 is 11.3 Å². The quantitative estimate of drug-likeness (QED) is 0.612. The predicted octanol–water partition coefficient (Wildman–Crippen LogP) is 4.62. The summed E-state index contributed by atoms with van der Waals surface area (Å²) in [4.78, 5) is 16.9. The Kier molecular flexibility index (Phi) is 6.26. The highest BCUT2D eigenvalue weighted by Gasteiger charge is 2.15. The number of carbonyl (C=O) groups excluding carboxylic acids is 1. The molecule has 5 nitrogen and oxygen atoms in total. The van der Waals surface area contributed by atoms with E-state index in [0.29, 0.717) is 5.13 Å². The average Bonchev–Trinajstić information content (AvgIpc) is 3.13. The number of anilines is 1. The van der Waals surface area contributed by atoms with Gasteiger partial charge in [0.2, 0.25) is 5.91 Å². The molecule has 0 bridgehead atoms. The highest BCUT2D eigenvalue weighted by Crippen LogP contribution is 2.26. The minimum atomic E-state index is -3.36. The molecule has 7 heteroatoms. The van der Waals surface area contributed by atoms with Crippen molar-refractivity contribution in [3.8, 4) is 11.3 Å². The number of hydrogen-bond donors (Lipinski definition) is 1. The topological polar surface area (TPSA) is 76.1 Å². The van der Waals surface area contributed by atoms with Gasteiger partial charge in [-0.1, -0.05) is 30.3 Å². The molecule has 0 unspecified atom stereocenters. The summed E-state index contributed by atoms with van der Waals surface area (Å²) in [6, 6.07) is 14.4. The second-order valence-corrected chi connectivity index (χ2v) is 9.59. The molecule has 28 heavy (non-hydrogen) atoms. The van der Waals surface area contributed by atoms with Crippen molar-refractivity contribution in [3.05, 3.63) is 65.0 Å². The Morgan fingerprint density at radius 3 is 2.54 bits per heavy atom. The summed E-state index contributed by atoms with van der Waals surface area (Å²) in [6.07, 6.45) is 0.392. The molecule has 1 aromatic heterocycles. The zero-order chi connectivity index (χ0) is 20.1. The first-order chi connectivity index (χ1) is 13.3. The Bertz CT molecular complexity index is 1070. The van der Waals surface area contributed by atoms with Crippen molar-refractivity contribution in [2.24, 2.45) is 0 Å². The maximum absolute atomic E-state index is 12.2. The normalized spacial score (nSPS) is 11.4. The molecule has 1 amide bonds. The molecule has 0 saturated carbocycles. The smallest absolute Gasteiger partial charge is 0.226 e. The van der Waals surface area contributed by atoms with Crippen molar-refractivity contribution < 1.29 is 13.2 Å². The number of carbonyl (C=O) groups is 1. The Balaban J connectivity index is 1.54. The van der Waals surface area contributed by atoms with Crippen LogP contribution in [0.15, 0.2) is 58.8 Å². The minimum absolute atomic E-state index is 0.0593. The zero-order valence-corrected chi connectivity index (χ0v) is 17.4. The van der Waals surface area contributed by atoms with Gasteiger partial charge in [-0.2, -0.15) is 0 Å². The number of benzene rings is 2. The van der Waals surface area contributed by atoms with Gasteiger partial charge in [0.1, 0.15) is 0 Å². The predicted molar refractivity (Wildman–Crippen MR) is 113 cm³/mol. The average molecular weight is 415 g/mol. The van der Waals surface area contributed by atoms with Crippen molar-refractivity contribution in [1.29, 1.82) is 0 Å². The first kappa shape index (κ1) is 20.2. The molecule has 0 saturated heterocycles. The highest BCUT2D eigenvalue weighted by atomic mass is 32.2. The van der Waals surface area contributed by atoms with Gasteiger partial charge in [0, 0.05) is 17.4 Å². The van der Waals surface area contributed by atoms with E-state index in [1.165, 1.54) is 22.5 Å². The lowest BCUT2D eigenvalue weighted by atomic mass is 10.1. The van der Waals surface area contributed by atoms with Gasteiger partial charge in [-0.3, -0.25) is 4.79 Å². The number of aryl methyl sites for hydroxylation is 2. The fourth-order valence-corrected chi connectivity index (χ4v) is 4.78. The summed E-state index contributed by atoms with van der Waals surface area (Å²) in [5, 5.41) is 5.18. The fourth-order valence-electron chi connectivity index (χ4n) is 2.71. The summed E-state index contributed by atoms with van der Waals surface area (Å²) >= 11 is 1.36. The molecule has 0 spiro atoms. The van der Waals surface area contributed by atoms with Crippen LogP contribution in [0.4, 0.5) is 5.13 Å². The van der Waals surface area contributed by atoms with Crippen LogP contribution in [-0.4, -0.2) is 25.1 Å². The number of rotatable bonds is 7. The van der Waals surface area contributed by atoms with E-state index in [1.54, 1.807) is 30.3 Å². The van der Waals surface area contributed by atoms with Gasteiger partial charge in [0.05, 0.1) is 16.3 Å². The second kappa shape index (κ2) is 8.67. The van der Waals surface area contributed by atoms with E-state index in [-0.39, 0.29) is 29.4 Å². The van der Waals surface area contributed by atoms with Gasteiger partial charge >= 0.3 is 0 Å².